The van der Waals surface area contributed by atoms with Crippen LogP contribution in [-0.4, -0.2) is 42.8 Å². The molecule has 1 heterocycles. The van der Waals surface area contributed by atoms with Gasteiger partial charge >= 0.3 is 17.7 Å². The van der Waals surface area contributed by atoms with Gasteiger partial charge in [0.1, 0.15) is 10.5 Å². The zero-order valence-electron chi connectivity index (χ0n) is 14.5. The molecule has 0 fully saturated rings. The molecule has 0 saturated heterocycles. The molecule has 0 atom stereocenters. The van der Waals surface area contributed by atoms with Crippen molar-refractivity contribution in [2.24, 2.45) is 0 Å². The van der Waals surface area contributed by atoms with Crippen LogP contribution in [0.1, 0.15) is 30.4 Å². The number of methoxy groups -OCH3 is 1. The zero-order chi connectivity index (χ0) is 19.0. The highest BCUT2D eigenvalue weighted by Gasteiger charge is 2.22. The number of hydrogen-bond acceptors (Lipinski definition) is 8. The van der Waals surface area contributed by atoms with E-state index in [4.69, 9.17) is 4.74 Å². The number of alkyl carbamates (subject to hydrolysis) is 1. The van der Waals surface area contributed by atoms with Crippen molar-refractivity contribution in [3.8, 4) is 0 Å². The molecule has 0 radical (unpaired) electrons. The van der Waals surface area contributed by atoms with Gasteiger partial charge in [0, 0.05) is 19.2 Å². The molecule has 9 nitrogen and oxygen atoms in total. The van der Waals surface area contributed by atoms with Crippen LogP contribution in [-0.2, 0) is 9.47 Å². The maximum Gasteiger partial charge on any atom is 0.407 e. The fourth-order valence-corrected chi connectivity index (χ4v) is 2.57. The van der Waals surface area contributed by atoms with Crippen molar-refractivity contribution in [1.29, 1.82) is 0 Å². The Morgan fingerprint density at radius 1 is 1.32 bits per heavy atom. The first-order valence-corrected chi connectivity index (χ1v) is 8.18. The highest BCUT2D eigenvalue weighted by atomic mass is 32.1. The second-order valence-corrected chi connectivity index (χ2v) is 6.86. The summed E-state index contributed by atoms with van der Waals surface area (Å²) >= 11 is 0.945. The van der Waals surface area contributed by atoms with Gasteiger partial charge in [0.2, 0.25) is 0 Å². The Kier molecular flexibility index (Phi) is 7.37. The van der Waals surface area contributed by atoms with E-state index in [0.717, 1.165) is 11.3 Å². The van der Waals surface area contributed by atoms with Crippen molar-refractivity contribution < 1.29 is 24.0 Å². The number of anilines is 1. The van der Waals surface area contributed by atoms with Crippen molar-refractivity contribution in [2.75, 3.05) is 25.5 Å². The molecule has 138 valence electrons. The van der Waals surface area contributed by atoms with Gasteiger partial charge in [-0.1, -0.05) is 12.2 Å². The molecule has 2 N–H and O–H groups in total. The molecule has 0 bridgehead atoms. The summed E-state index contributed by atoms with van der Waals surface area (Å²) in [6.45, 7) is 5.85. The lowest BCUT2D eigenvalue weighted by molar-refractivity contribution is -0.383. The first-order valence-electron chi connectivity index (χ1n) is 7.36. The molecule has 0 unspecified atom stereocenters. The molecular weight excluding hydrogens is 350 g/mol. The number of ether oxygens (including phenoxy) is 2. The zero-order valence-corrected chi connectivity index (χ0v) is 15.3. The Bertz CT molecular complexity index is 663. The van der Waals surface area contributed by atoms with E-state index in [0.29, 0.717) is 0 Å². The Labute approximate surface area is 149 Å². The molecular formula is C15H21N3O6S. The Hall–Kier alpha value is -2.62. The second kappa shape index (κ2) is 9.02. The van der Waals surface area contributed by atoms with E-state index in [-0.39, 0.29) is 28.7 Å². The minimum atomic E-state index is -0.627. The third-order valence-electron chi connectivity index (χ3n) is 2.61. The number of esters is 1. The number of nitrogens with zero attached hydrogens (tertiary/aromatic N) is 1. The maximum absolute atomic E-state index is 11.5. The van der Waals surface area contributed by atoms with Gasteiger partial charge in [-0.25, -0.2) is 9.59 Å². The molecule has 0 saturated carbocycles. The summed E-state index contributed by atoms with van der Waals surface area (Å²) in [6, 6.07) is 1.17. The molecule has 0 aliphatic heterocycles. The van der Waals surface area contributed by atoms with E-state index in [1.165, 1.54) is 13.2 Å². The Balaban J connectivity index is 2.50. The number of thiophene rings is 1. The topological polar surface area (TPSA) is 120 Å². The molecule has 1 amide bonds. The van der Waals surface area contributed by atoms with Crippen molar-refractivity contribution in [3.63, 3.8) is 0 Å². The highest BCUT2D eigenvalue weighted by Crippen LogP contribution is 2.34. The first-order chi connectivity index (χ1) is 11.6. The lowest BCUT2D eigenvalue weighted by atomic mass is 10.2. The lowest BCUT2D eigenvalue weighted by Crippen LogP contribution is -2.32. The summed E-state index contributed by atoms with van der Waals surface area (Å²) in [4.78, 5) is 33.5. The molecule has 1 aromatic rings. The van der Waals surface area contributed by atoms with Crippen molar-refractivity contribution in [1.82, 2.24) is 5.32 Å². The molecule has 25 heavy (non-hydrogen) atoms. The predicted octanol–water partition coefficient (Wildman–Crippen LogP) is 2.94. The predicted molar refractivity (Wildman–Crippen MR) is 94.2 cm³/mol. The van der Waals surface area contributed by atoms with Gasteiger partial charge < -0.3 is 20.1 Å². The maximum atomic E-state index is 11.5. The van der Waals surface area contributed by atoms with Crippen LogP contribution in [0.25, 0.3) is 0 Å². The summed E-state index contributed by atoms with van der Waals surface area (Å²) < 4.78 is 9.63. The van der Waals surface area contributed by atoms with Crippen LogP contribution in [0.2, 0.25) is 0 Å². The number of nitrogens with one attached hydrogen (secondary N) is 2. The van der Waals surface area contributed by atoms with Crippen molar-refractivity contribution in [2.45, 2.75) is 26.4 Å². The summed E-state index contributed by atoms with van der Waals surface area (Å²) in [7, 11) is 1.21. The molecule has 0 aliphatic rings. The minimum absolute atomic E-state index is 0.146. The molecule has 0 aliphatic carbocycles. The number of carbonyl (C=O) groups is 2. The van der Waals surface area contributed by atoms with Crippen LogP contribution in [0.4, 0.5) is 15.5 Å². The number of carbonyl (C=O) groups excluding carboxylic acids is 2. The van der Waals surface area contributed by atoms with Gasteiger partial charge in [0.25, 0.3) is 0 Å². The van der Waals surface area contributed by atoms with Gasteiger partial charge in [-0.2, -0.15) is 0 Å². The summed E-state index contributed by atoms with van der Waals surface area (Å²) in [5, 5.41) is 16.7. The standard InChI is InChI=1S/C15H21N3O6S/c1-15(2,3)24-14(20)17-8-6-5-7-16-12-10(18(21)22)9-11(25-12)13(19)23-4/h5-6,9,16H,7-8H2,1-4H3,(H,17,20)/b6-5+. The van der Waals surface area contributed by atoms with Gasteiger partial charge in [-0.3, -0.25) is 10.1 Å². The van der Waals surface area contributed by atoms with E-state index < -0.39 is 22.6 Å². The third-order valence-corrected chi connectivity index (χ3v) is 3.67. The SMILES string of the molecule is COC(=O)c1cc([N+](=O)[O-])c(NC/C=C/CNC(=O)OC(C)(C)C)s1. The van der Waals surface area contributed by atoms with Crippen LogP contribution in [0.15, 0.2) is 18.2 Å². The van der Waals surface area contributed by atoms with E-state index in [1.807, 2.05) is 0 Å². The molecule has 10 heteroatoms. The summed E-state index contributed by atoms with van der Waals surface area (Å²) in [5.74, 6) is -0.627. The molecule has 1 aromatic heterocycles. The number of nitro groups is 1. The van der Waals surface area contributed by atoms with E-state index in [1.54, 1.807) is 32.9 Å². The fraction of sp³-hybridized carbons (Fsp3) is 0.467. The monoisotopic (exact) mass is 371 g/mol. The first kappa shape index (κ1) is 20.4. The van der Waals surface area contributed by atoms with Crippen LogP contribution in [0.5, 0.6) is 0 Å². The molecule has 0 spiro atoms. The van der Waals surface area contributed by atoms with Crippen LogP contribution >= 0.6 is 11.3 Å². The van der Waals surface area contributed by atoms with E-state index in [9.17, 15) is 19.7 Å². The average molecular weight is 371 g/mol. The third kappa shape index (κ3) is 7.21. The van der Waals surface area contributed by atoms with Crippen molar-refractivity contribution >= 4 is 34.1 Å². The minimum Gasteiger partial charge on any atom is -0.465 e. The largest absolute Gasteiger partial charge is 0.465 e. The normalized spacial score (nSPS) is 11.2. The van der Waals surface area contributed by atoms with E-state index in [2.05, 4.69) is 15.4 Å². The number of amides is 1. The number of hydrogen-bond donors (Lipinski definition) is 2. The quantitative estimate of drug-likeness (QED) is 0.327. The fourth-order valence-electron chi connectivity index (χ4n) is 1.62. The van der Waals surface area contributed by atoms with Gasteiger partial charge in [0.05, 0.1) is 12.0 Å². The van der Waals surface area contributed by atoms with Crippen LogP contribution < -0.4 is 10.6 Å². The lowest BCUT2D eigenvalue weighted by Gasteiger charge is -2.19. The Morgan fingerprint density at radius 2 is 1.96 bits per heavy atom. The van der Waals surface area contributed by atoms with Crippen LogP contribution in [0, 0.1) is 10.1 Å². The second-order valence-electron chi connectivity index (χ2n) is 5.81. The summed E-state index contributed by atoms with van der Waals surface area (Å²) in [6.07, 6.45) is 2.85. The van der Waals surface area contributed by atoms with E-state index >= 15 is 0 Å². The summed E-state index contributed by atoms with van der Waals surface area (Å²) in [5.41, 5.74) is -0.754. The van der Waals surface area contributed by atoms with Crippen molar-refractivity contribution in [3.05, 3.63) is 33.2 Å². The van der Waals surface area contributed by atoms with Crippen LogP contribution in [0.3, 0.4) is 0 Å². The Morgan fingerprint density at radius 3 is 2.52 bits per heavy atom. The highest BCUT2D eigenvalue weighted by molar-refractivity contribution is 7.18. The average Bonchev–Trinajstić information content (AvgIpc) is 2.92. The van der Waals surface area contributed by atoms with Gasteiger partial charge in [0.15, 0.2) is 5.00 Å². The smallest absolute Gasteiger partial charge is 0.407 e. The number of rotatable bonds is 7. The molecule has 0 aromatic carbocycles. The van der Waals surface area contributed by atoms with Gasteiger partial charge in [-0.05, 0) is 20.8 Å². The van der Waals surface area contributed by atoms with Gasteiger partial charge in [-0.15, -0.1) is 11.3 Å². The molecule has 1 rings (SSSR count).